The van der Waals surface area contributed by atoms with E-state index in [9.17, 15) is 0 Å². The fraction of sp³-hybridized carbons (Fsp3) is 0.500. The zero-order valence-corrected chi connectivity index (χ0v) is 9.48. The highest BCUT2D eigenvalue weighted by molar-refractivity contribution is 5.44. The van der Waals surface area contributed by atoms with E-state index in [1.165, 1.54) is 5.56 Å². The quantitative estimate of drug-likeness (QED) is 0.761. The average Bonchev–Trinajstić information content (AvgIpc) is 2.35. The van der Waals surface area contributed by atoms with Gasteiger partial charge >= 0.3 is 0 Å². The van der Waals surface area contributed by atoms with Crippen LogP contribution in [0.15, 0.2) is 18.2 Å². The molecule has 4 nitrogen and oxygen atoms in total. The van der Waals surface area contributed by atoms with Crippen LogP contribution in [0, 0.1) is 0 Å². The zero-order chi connectivity index (χ0) is 11.4. The number of nitrogens with two attached hydrogens (primary N) is 1. The molecule has 0 fully saturated rings. The van der Waals surface area contributed by atoms with E-state index in [1.807, 2.05) is 18.2 Å². The molecular formula is C12H18NO3+. The maximum absolute atomic E-state index is 8.78. The van der Waals surface area contributed by atoms with Crippen molar-refractivity contribution < 1.29 is 19.9 Å². The molecule has 1 aromatic carbocycles. The molecule has 0 amide bonds. The van der Waals surface area contributed by atoms with Crippen molar-refractivity contribution in [2.45, 2.75) is 13.0 Å². The number of ether oxygens (including phenoxy) is 2. The number of fused-ring (bicyclic) bond motifs is 1. The number of benzene rings is 1. The van der Waals surface area contributed by atoms with Gasteiger partial charge < -0.3 is 19.9 Å². The third-order valence-corrected chi connectivity index (χ3v) is 2.74. The van der Waals surface area contributed by atoms with Crippen molar-refractivity contribution in [3.63, 3.8) is 0 Å². The maximum atomic E-state index is 8.78. The Kier molecular flexibility index (Phi) is 3.64. The monoisotopic (exact) mass is 224 g/mol. The number of hydrogen-bond donors (Lipinski definition) is 2. The van der Waals surface area contributed by atoms with Crippen molar-refractivity contribution in [3.05, 3.63) is 23.8 Å². The summed E-state index contributed by atoms with van der Waals surface area (Å²) in [5.41, 5.74) is 1.19. The smallest absolute Gasteiger partial charge is 0.161 e. The first-order valence-electron chi connectivity index (χ1n) is 5.65. The molecule has 4 heteroatoms. The normalized spacial score (nSPS) is 15.9. The van der Waals surface area contributed by atoms with E-state index in [2.05, 4.69) is 12.2 Å². The Morgan fingerprint density at radius 3 is 2.81 bits per heavy atom. The number of aliphatic hydroxyl groups is 1. The van der Waals surface area contributed by atoms with Crippen LogP contribution < -0.4 is 14.8 Å². The lowest BCUT2D eigenvalue weighted by Gasteiger charge is -2.20. The minimum absolute atomic E-state index is 0.203. The van der Waals surface area contributed by atoms with Gasteiger partial charge in [0.15, 0.2) is 11.5 Å². The first-order chi connectivity index (χ1) is 7.81. The molecular weight excluding hydrogens is 206 g/mol. The standard InChI is InChI=1S/C12H17NO3/c1-9(13-4-5-14)10-2-3-11-12(8-10)16-7-6-15-11/h2-3,8-9,13-14H,4-7H2,1H3/p+1/t9-/m1/s1. The van der Waals surface area contributed by atoms with Gasteiger partial charge in [-0.15, -0.1) is 0 Å². The molecule has 1 aromatic rings. The third kappa shape index (κ3) is 2.46. The van der Waals surface area contributed by atoms with Crippen molar-refractivity contribution in [2.24, 2.45) is 0 Å². The first-order valence-corrected chi connectivity index (χ1v) is 5.65. The highest BCUT2D eigenvalue weighted by Gasteiger charge is 2.15. The number of rotatable bonds is 4. The van der Waals surface area contributed by atoms with E-state index < -0.39 is 0 Å². The number of quaternary nitrogens is 1. The van der Waals surface area contributed by atoms with Crippen molar-refractivity contribution >= 4 is 0 Å². The van der Waals surface area contributed by atoms with Crippen molar-refractivity contribution in [1.29, 1.82) is 0 Å². The molecule has 1 aliphatic rings. The van der Waals surface area contributed by atoms with Crippen molar-refractivity contribution in [3.8, 4) is 11.5 Å². The van der Waals surface area contributed by atoms with Crippen molar-refractivity contribution in [1.82, 2.24) is 0 Å². The molecule has 0 unspecified atom stereocenters. The van der Waals surface area contributed by atoms with Crippen molar-refractivity contribution in [2.75, 3.05) is 26.4 Å². The summed E-state index contributed by atoms with van der Waals surface area (Å²) < 4.78 is 11.0. The summed E-state index contributed by atoms with van der Waals surface area (Å²) in [7, 11) is 0. The lowest BCUT2D eigenvalue weighted by molar-refractivity contribution is -0.693. The Labute approximate surface area is 95.2 Å². The summed E-state index contributed by atoms with van der Waals surface area (Å²) in [4.78, 5) is 0. The van der Waals surface area contributed by atoms with Gasteiger partial charge in [0.2, 0.25) is 0 Å². The zero-order valence-electron chi connectivity index (χ0n) is 9.48. The van der Waals surface area contributed by atoms with Crippen LogP contribution in [0.3, 0.4) is 0 Å². The molecule has 16 heavy (non-hydrogen) atoms. The fourth-order valence-corrected chi connectivity index (χ4v) is 1.80. The summed E-state index contributed by atoms with van der Waals surface area (Å²) in [5.74, 6) is 1.65. The second-order valence-electron chi connectivity index (χ2n) is 3.94. The third-order valence-electron chi connectivity index (χ3n) is 2.74. The van der Waals surface area contributed by atoms with Gasteiger partial charge in [0.25, 0.3) is 0 Å². The number of aliphatic hydroxyl groups excluding tert-OH is 1. The summed E-state index contributed by atoms with van der Waals surface area (Å²) in [6, 6.07) is 6.34. The lowest BCUT2D eigenvalue weighted by atomic mass is 10.1. The molecule has 2 rings (SSSR count). The van der Waals surface area contributed by atoms with Crippen LogP contribution in [0.2, 0.25) is 0 Å². The lowest BCUT2D eigenvalue weighted by Crippen LogP contribution is -2.85. The minimum atomic E-state index is 0.203. The second kappa shape index (κ2) is 5.18. The molecule has 88 valence electrons. The fourth-order valence-electron chi connectivity index (χ4n) is 1.80. The molecule has 0 bridgehead atoms. The van der Waals surface area contributed by atoms with E-state index in [0.29, 0.717) is 19.3 Å². The Balaban J connectivity index is 2.10. The van der Waals surface area contributed by atoms with Gasteiger partial charge in [-0.25, -0.2) is 0 Å². The van der Waals surface area contributed by atoms with E-state index in [-0.39, 0.29) is 6.61 Å². The van der Waals surface area contributed by atoms with E-state index in [4.69, 9.17) is 14.6 Å². The Bertz CT molecular complexity index is 354. The Morgan fingerprint density at radius 2 is 2.06 bits per heavy atom. The average molecular weight is 224 g/mol. The molecule has 1 atom stereocenters. The van der Waals surface area contributed by atoms with Gasteiger partial charge in [-0.2, -0.15) is 0 Å². The number of hydrogen-bond acceptors (Lipinski definition) is 3. The molecule has 1 aliphatic heterocycles. The van der Waals surface area contributed by atoms with E-state index >= 15 is 0 Å². The van der Waals surface area contributed by atoms with Gasteiger partial charge in [0.05, 0.1) is 13.2 Å². The molecule has 0 saturated heterocycles. The van der Waals surface area contributed by atoms with Crippen LogP contribution in [0.5, 0.6) is 11.5 Å². The van der Waals surface area contributed by atoms with Crippen LogP contribution in [0.4, 0.5) is 0 Å². The Hall–Kier alpha value is -1.26. The highest BCUT2D eigenvalue weighted by atomic mass is 16.6. The van der Waals surface area contributed by atoms with Crippen LogP contribution in [0.1, 0.15) is 18.5 Å². The molecule has 0 saturated carbocycles. The molecule has 0 aliphatic carbocycles. The van der Waals surface area contributed by atoms with Gasteiger partial charge in [-0.1, -0.05) is 0 Å². The predicted octanol–water partition coefficient (Wildman–Crippen LogP) is 0.0745. The maximum Gasteiger partial charge on any atom is 0.161 e. The van der Waals surface area contributed by atoms with Crippen LogP contribution in [-0.4, -0.2) is 31.5 Å². The predicted molar refractivity (Wildman–Crippen MR) is 59.7 cm³/mol. The minimum Gasteiger partial charge on any atom is -0.486 e. The second-order valence-corrected chi connectivity index (χ2v) is 3.94. The topological polar surface area (TPSA) is 55.3 Å². The van der Waals surface area contributed by atoms with Gasteiger partial charge in [-0.3, -0.25) is 0 Å². The molecule has 3 N–H and O–H groups in total. The molecule has 0 radical (unpaired) electrons. The van der Waals surface area contributed by atoms with E-state index in [0.717, 1.165) is 18.0 Å². The molecule has 0 aromatic heterocycles. The van der Waals surface area contributed by atoms with Gasteiger partial charge in [0.1, 0.15) is 19.3 Å². The first kappa shape index (κ1) is 11.2. The summed E-state index contributed by atoms with van der Waals surface area (Å²) in [6.45, 7) is 4.27. The van der Waals surface area contributed by atoms with Crippen LogP contribution in [0.25, 0.3) is 0 Å². The summed E-state index contributed by atoms with van der Waals surface area (Å²) in [6.07, 6.45) is 0. The van der Waals surface area contributed by atoms with Crippen LogP contribution >= 0.6 is 0 Å². The largest absolute Gasteiger partial charge is 0.486 e. The Morgan fingerprint density at radius 1 is 1.31 bits per heavy atom. The summed E-state index contributed by atoms with van der Waals surface area (Å²) >= 11 is 0. The highest BCUT2D eigenvalue weighted by Crippen LogP contribution is 2.31. The SMILES string of the molecule is C[C@@H]([NH2+]CCO)c1ccc2c(c1)OCCO2. The van der Waals surface area contributed by atoms with Crippen LogP contribution in [-0.2, 0) is 0 Å². The molecule has 1 heterocycles. The van der Waals surface area contributed by atoms with Gasteiger partial charge in [-0.05, 0) is 25.1 Å². The van der Waals surface area contributed by atoms with E-state index in [1.54, 1.807) is 0 Å². The molecule has 0 spiro atoms. The van der Waals surface area contributed by atoms with Gasteiger partial charge in [0, 0.05) is 5.56 Å². The summed E-state index contributed by atoms with van der Waals surface area (Å²) in [5, 5.41) is 10.9.